The Hall–Kier alpha value is -0.870. The van der Waals surface area contributed by atoms with Crippen LogP contribution in [0.3, 0.4) is 0 Å². The van der Waals surface area contributed by atoms with Crippen molar-refractivity contribution in [2.45, 2.75) is 39.0 Å². The number of hydrogen-bond donors (Lipinski definition) is 1. The SMILES string of the molecule is OCc1c2c(nn1CC1CC1)CCOC2. The smallest absolute Gasteiger partial charge is 0.0853 e. The van der Waals surface area contributed by atoms with E-state index in [0.29, 0.717) is 6.61 Å². The molecule has 2 aliphatic rings. The van der Waals surface area contributed by atoms with Crippen LogP contribution < -0.4 is 0 Å². The van der Waals surface area contributed by atoms with E-state index >= 15 is 0 Å². The van der Waals surface area contributed by atoms with E-state index in [1.165, 1.54) is 12.8 Å². The fourth-order valence-electron chi connectivity index (χ4n) is 2.17. The molecule has 0 spiro atoms. The van der Waals surface area contributed by atoms with E-state index in [-0.39, 0.29) is 6.61 Å². The molecule has 1 aliphatic carbocycles. The molecular formula is C11H16N2O2. The lowest BCUT2D eigenvalue weighted by molar-refractivity contribution is 0.108. The highest BCUT2D eigenvalue weighted by atomic mass is 16.5. The minimum absolute atomic E-state index is 0.0818. The van der Waals surface area contributed by atoms with Crippen molar-refractivity contribution in [3.63, 3.8) is 0 Å². The Kier molecular flexibility index (Phi) is 2.25. The number of aromatic nitrogens is 2. The van der Waals surface area contributed by atoms with Gasteiger partial charge in [-0.3, -0.25) is 4.68 Å². The standard InChI is InChI=1S/C11H16N2O2/c14-6-11-9-7-15-4-3-10(9)12-13(11)5-8-1-2-8/h8,14H,1-7H2. The summed E-state index contributed by atoms with van der Waals surface area (Å²) in [5.74, 6) is 0.789. The van der Waals surface area contributed by atoms with E-state index in [4.69, 9.17) is 4.74 Å². The van der Waals surface area contributed by atoms with Crippen molar-refractivity contribution >= 4 is 0 Å². The fraction of sp³-hybridized carbons (Fsp3) is 0.727. The summed E-state index contributed by atoms with van der Waals surface area (Å²) in [7, 11) is 0. The van der Waals surface area contributed by atoms with E-state index in [0.717, 1.165) is 42.4 Å². The molecular weight excluding hydrogens is 192 g/mol. The van der Waals surface area contributed by atoms with Crippen molar-refractivity contribution in [1.82, 2.24) is 9.78 Å². The molecule has 1 aromatic rings. The normalized spacial score (nSPS) is 20.3. The van der Waals surface area contributed by atoms with Gasteiger partial charge in [-0.1, -0.05) is 0 Å². The van der Waals surface area contributed by atoms with E-state index in [1.54, 1.807) is 0 Å². The molecule has 1 aromatic heterocycles. The first-order valence-electron chi connectivity index (χ1n) is 5.64. The highest BCUT2D eigenvalue weighted by molar-refractivity contribution is 5.27. The lowest BCUT2D eigenvalue weighted by atomic mass is 10.1. The Morgan fingerprint density at radius 3 is 3.07 bits per heavy atom. The van der Waals surface area contributed by atoms with Crippen molar-refractivity contribution in [3.05, 3.63) is 17.0 Å². The van der Waals surface area contributed by atoms with Crippen LogP contribution >= 0.6 is 0 Å². The van der Waals surface area contributed by atoms with Gasteiger partial charge in [0.25, 0.3) is 0 Å². The lowest BCUT2D eigenvalue weighted by Gasteiger charge is -2.11. The minimum Gasteiger partial charge on any atom is -0.390 e. The molecule has 3 rings (SSSR count). The van der Waals surface area contributed by atoms with Crippen molar-refractivity contribution in [3.8, 4) is 0 Å². The second-order valence-electron chi connectivity index (χ2n) is 4.46. The van der Waals surface area contributed by atoms with Crippen molar-refractivity contribution in [1.29, 1.82) is 0 Å². The molecule has 4 heteroatoms. The van der Waals surface area contributed by atoms with Gasteiger partial charge in [-0.15, -0.1) is 0 Å². The van der Waals surface area contributed by atoms with Crippen LogP contribution in [0.15, 0.2) is 0 Å². The summed E-state index contributed by atoms with van der Waals surface area (Å²) < 4.78 is 7.40. The van der Waals surface area contributed by atoms with Crippen LogP contribution in [0.2, 0.25) is 0 Å². The summed E-state index contributed by atoms with van der Waals surface area (Å²) in [6.07, 6.45) is 3.51. The molecule has 4 nitrogen and oxygen atoms in total. The average molecular weight is 208 g/mol. The predicted octanol–water partition coefficient (Wildman–Crippen LogP) is 0.858. The Morgan fingerprint density at radius 1 is 1.47 bits per heavy atom. The molecule has 0 atom stereocenters. The molecule has 82 valence electrons. The maximum absolute atomic E-state index is 9.38. The zero-order valence-electron chi connectivity index (χ0n) is 8.78. The third-order valence-corrected chi connectivity index (χ3v) is 3.26. The van der Waals surface area contributed by atoms with E-state index in [2.05, 4.69) is 5.10 Å². The van der Waals surface area contributed by atoms with Gasteiger partial charge in [-0.25, -0.2) is 0 Å². The lowest BCUT2D eigenvalue weighted by Crippen LogP contribution is -2.10. The summed E-state index contributed by atoms with van der Waals surface area (Å²) in [4.78, 5) is 0. The van der Waals surface area contributed by atoms with E-state index in [1.807, 2.05) is 4.68 Å². The third-order valence-electron chi connectivity index (χ3n) is 3.26. The van der Waals surface area contributed by atoms with Gasteiger partial charge in [0.05, 0.1) is 31.2 Å². The zero-order chi connectivity index (χ0) is 10.3. The van der Waals surface area contributed by atoms with E-state index < -0.39 is 0 Å². The van der Waals surface area contributed by atoms with Crippen LogP contribution in [0.5, 0.6) is 0 Å². The summed E-state index contributed by atoms with van der Waals surface area (Å²) >= 11 is 0. The number of nitrogens with zero attached hydrogens (tertiary/aromatic N) is 2. The quantitative estimate of drug-likeness (QED) is 0.801. The van der Waals surface area contributed by atoms with Crippen LogP contribution in [-0.4, -0.2) is 21.5 Å². The second-order valence-corrected chi connectivity index (χ2v) is 4.46. The van der Waals surface area contributed by atoms with Gasteiger partial charge in [0, 0.05) is 18.5 Å². The molecule has 0 unspecified atom stereocenters. The van der Waals surface area contributed by atoms with Gasteiger partial charge in [-0.2, -0.15) is 5.10 Å². The van der Waals surface area contributed by atoms with Crippen molar-refractivity contribution in [2.75, 3.05) is 6.61 Å². The van der Waals surface area contributed by atoms with E-state index in [9.17, 15) is 5.11 Å². The van der Waals surface area contributed by atoms with Gasteiger partial charge >= 0.3 is 0 Å². The van der Waals surface area contributed by atoms with Crippen molar-refractivity contribution in [2.24, 2.45) is 5.92 Å². The second kappa shape index (κ2) is 3.61. The first-order chi connectivity index (χ1) is 7.38. The third kappa shape index (κ3) is 1.68. The Labute approximate surface area is 88.9 Å². The zero-order valence-corrected chi connectivity index (χ0v) is 8.78. The Balaban J connectivity index is 1.93. The van der Waals surface area contributed by atoms with Gasteiger partial charge in [0.2, 0.25) is 0 Å². The summed E-state index contributed by atoms with van der Waals surface area (Å²) in [5.41, 5.74) is 3.23. The summed E-state index contributed by atoms with van der Waals surface area (Å²) in [6, 6.07) is 0. The Morgan fingerprint density at radius 2 is 2.33 bits per heavy atom. The molecule has 0 radical (unpaired) electrons. The average Bonchev–Trinajstić information content (AvgIpc) is 2.99. The molecule has 1 fully saturated rings. The first-order valence-corrected chi connectivity index (χ1v) is 5.64. The number of fused-ring (bicyclic) bond motifs is 1. The topological polar surface area (TPSA) is 47.3 Å². The van der Waals surface area contributed by atoms with Crippen LogP contribution in [0.25, 0.3) is 0 Å². The molecule has 0 aromatic carbocycles. The predicted molar refractivity (Wildman–Crippen MR) is 54.2 cm³/mol. The van der Waals surface area contributed by atoms with Gasteiger partial charge < -0.3 is 9.84 Å². The number of hydrogen-bond acceptors (Lipinski definition) is 3. The largest absolute Gasteiger partial charge is 0.390 e. The monoisotopic (exact) mass is 208 g/mol. The molecule has 1 saturated carbocycles. The fourth-order valence-corrected chi connectivity index (χ4v) is 2.17. The highest BCUT2D eigenvalue weighted by Crippen LogP contribution is 2.32. The molecule has 0 saturated heterocycles. The van der Waals surface area contributed by atoms with Crippen LogP contribution in [0, 0.1) is 5.92 Å². The van der Waals surface area contributed by atoms with Gasteiger partial charge in [0.15, 0.2) is 0 Å². The minimum atomic E-state index is 0.0818. The maximum Gasteiger partial charge on any atom is 0.0853 e. The highest BCUT2D eigenvalue weighted by Gasteiger charge is 2.26. The van der Waals surface area contributed by atoms with Gasteiger partial charge in [-0.05, 0) is 18.8 Å². The van der Waals surface area contributed by atoms with Crippen LogP contribution in [-0.2, 0) is 30.9 Å². The maximum atomic E-state index is 9.38. The number of aliphatic hydroxyl groups is 1. The Bertz CT molecular complexity index is 369. The number of aliphatic hydroxyl groups excluding tert-OH is 1. The van der Waals surface area contributed by atoms with Gasteiger partial charge in [0.1, 0.15) is 0 Å². The number of ether oxygens (including phenoxy) is 1. The molecule has 15 heavy (non-hydrogen) atoms. The molecule has 1 aliphatic heterocycles. The molecule has 0 amide bonds. The van der Waals surface area contributed by atoms with Crippen LogP contribution in [0.4, 0.5) is 0 Å². The number of rotatable bonds is 3. The summed E-state index contributed by atoms with van der Waals surface area (Å²) in [6.45, 7) is 2.44. The molecule has 2 heterocycles. The molecule has 1 N–H and O–H groups in total. The molecule has 0 bridgehead atoms. The van der Waals surface area contributed by atoms with Crippen LogP contribution in [0.1, 0.15) is 29.8 Å². The first kappa shape index (κ1) is 9.36. The summed E-state index contributed by atoms with van der Waals surface area (Å²) in [5, 5.41) is 14.0. The van der Waals surface area contributed by atoms with Crippen molar-refractivity contribution < 1.29 is 9.84 Å².